The summed E-state index contributed by atoms with van der Waals surface area (Å²) in [5, 5.41) is 2.75. The van der Waals surface area contributed by atoms with Crippen LogP contribution in [0.2, 0.25) is 0 Å². The van der Waals surface area contributed by atoms with Crippen LogP contribution in [0.1, 0.15) is 18.4 Å². The Kier molecular flexibility index (Phi) is 4.07. The summed E-state index contributed by atoms with van der Waals surface area (Å²) < 4.78 is 34.2. The average Bonchev–Trinajstić information content (AvgIpc) is 3.13. The molecule has 6 heteroatoms. The molecule has 1 aromatic rings. The third-order valence-electron chi connectivity index (χ3n) is 2.64. The van der Waals surface area contributed by atoms with Crippen molar-refractivity contribution < 1.29 is 18.3 Å². The zero-order valence-corrected chi connectivity index (χ0v) is 9.64. The van der Waals surface area contributed by atoms with Crippen molar-refractivity contribution >= 4 is 0 Å². The summed E-state index contributed by atoms with van der Waals surface area (Å²) in [6.45, 7) is -2.44. The van der Waals surface area contributed by atoms with Gasteiger partial charge in [-0.15, -0.1) is 0 Å². The molecule has 0 heterocycles. The quantitative estimate of drug-likeness (QED) is 0.704. The number of alkyl halides is 2. The Morgan fingerprint density at radius 3 is 2.72 bits per heavy atom. The van der Waals surface area contributed by atoms with Gasteiger partial charge in [0.05, 0.1) is 6.61 Å². The monoisotopic (exact) mass is 257 g/mol. The molecule has 1 fully saturated rings. The summed E-state index contributed by atoms with van der Waals surface area (Å²) in [6, 6.07) is 4.40. The van der Waals surface area contributed by atoms with E-state index in [0.29, 0.717) is 18.1 Å². The molecule has 1 aliphatic rings. The van der Waals surface area contributed by atoms with Gasteiger partial charge in [0, 0.05) is 0 Å². The van der Waals surface area contributed by atoms with Crippen LogP contribution < -0.4 is 9.47 Å². The van der Waals surface area contributed by atoms with Gasteiger partial charge >= 0.3 is 6.61 Å². The number of rotatable bonds is 7. The third-order valence-corrected chi connectivity index (χ3v) is 2.64. The summed E-state index contributed by atoms with van der Waals surface area (Å²) in [5.41, 5.74) is 0.609. The molecule has 0 aliphatic heterocycles. The average molecular weight is 257 g/mol. The van der Waals surface area contributed by atoms with Gasteiger partial charge in [-0.25, -0.2) is 0 Å². The van der Waals surface area contributed by atoms with Crippen LogP contribution in [0.5, 0.6) is 11.5 Å². The second-order valence-electron chi connectivity index (χ2n) is 4.20. The molecule has 0 unspecified atom stereocenters. The van der Waals surface area contributed by atoms with E-state index >= 15 is 0 Å². The highest BCUT2D eigenvalue weighted by atomic mass is 19.3. The summed E-state index contributed by atoms with van der Waals surface area (Å²) in [7, 11) is 0. The van der Waals surface area contributed by atoms with E-state index in [2.05, 4.69) is 9.91 Å². The van der Waals surface area contributed by atoms with E-state index in [0.717, 1.165) is 12.8 Å². The lowest BCUT2D eigenvalue weighted by atomic mass is 10.2. The van der Waals surface area contributed by atoms with Crippen molar-refractivity contribution in [2.45, 2.75) is 26.0 Å². The fraction of sp³-hybridized carbons (Fsp3) is 0.500. The molecule has 18 heavy (non-hydrogen) atoms. The maximum absolute atomic E-state index is 12.2. The molecule has 98 valence electrons. The summed E-state index contributed by atoms with van der Waals surface area (Å²) in [5.74, 6) is 0.723. The summed E-state index contributed by atoms with van der Waals surface area (Å²) >= 11 is 0. The van der Waals surface area contributed by atoms with Crippen LogP contribution >= 0.6 is 0 Å². The van der Waals surface area contributed by atoms with E-state index in [1.807, 2.05) is 0 Å². The molecule has 1 aliphatic carbocycles. The SMILES string of the molecule is O=NCc1ccc(OC(F)F)c(OCC2CC2)c1. The molecule has 0 bridgehead atoms. The molecule has 0 atom stereocenters. The van der Waals surface area contributed by atoms with Gasteiger partial charge in [-0.1, -0.05) is 11.2 Å². The molecule has 0 aromatic heterocycles. The molecule has 1 saturated carbocycles. The van der Waals surface area contributed by atoms with E-state index in [9.17, 15) is 13.7 Å². The molecule has 0 radical (unpaired) electrons. The van der Waals surface area contributed by atoms with Crippen molar-refractivity contribution in [3.8, 4) is 11.5 Å². The first-order chi connectivity index (χ1) is 8.69. The Bertz CT molecular complexity index is 422. The first-order valence-corrected chi connectivity index (χ1v) is 5.68. The first kappa shape index (κ1) is 12.7. The molecular formula is C12H13F2NO3. The lowest BCUT2D eigenvalue weighted by molar-refractivity contribution is -0.0515. The molecule has 0 saturated heterocycles. The van der Waals surface area contributed by atoms with Gasteiger partial charge in [0.1, 0.15) is 6.54 Å². The number of nitrogens with zero attached hydrogens (tertiary/aromatic N) is 1. The van der Waals surface area contributed by atoms with E-state index in [4.69, 9.17) is 4.74 Å². The van der Waals surface area contributed by atoms with Gasteiger partial charge in [0.15, 0.2) is 11.5 Å². The lowest BCUT2D eigenvalue weighted by Gasteiger charge is -2.12. The number of nitroso groups, excluding NO2 is 1. The molecule has 1 aromatic carbocycles. The van der Waals surface area contributed by atoms with Crippen LogP contribution in [0.3, 0.4) is 0 Å². The van der Waals surface area contributed by atoms with E-state index in [1.54, 1.807) is 0 Å². The number of hydrogen-bond acceptors (Lipinski definition) is 4. The minimum Gasteiger partial charge on any atom is -0.489 e. The van der Waals surface area contributed by atoms with E-state index < -0.39 is 6.61 Å². The first-order valence-electron chi connectivity index (χ1n) is 5.68. The number of ether oxygens (including phenoxy) is 2. The highest BCUT2D eigenvalue weighted by Gasteiger charge is 2.23. The predicted molar refractivity (Wildman–Crippen MR) is 60.8 cm³/mol. The van der Waals surface area contributed by atoms with Crippen molar-refractivity contribution in [2.75, 3.05) is 6.61 Å². The summed E-state index contributed by atoms with van der Waals surface area (Å²) in [4.78, 5) is 10.2. The maximum Gasteiger partial charge on any atom is 0.387 e. The second kappa shape index (κ2) is 5.75. The van der Waals surface area contributed by atoms with E-state index in [-0.39, 0.29) is 18.0 Å². The Labute approximate surface area is 103 Å². The Morgan fingerprint density at radius 2 is 2.11 bits per heavy atom. The molecule has 2 rings (SSSR count). The topological polar surface area (TPSA) is 47.9 Å². The minimum atomic E-state index is -2.90. The molecule has 4 nitrogen and oxygen atoms in total. The minimum absolute atomic E-state index is 0.0136. The lowest BCUT2D eigenvalue weighted by Crippen LogP contribution is -2.06. The van der Waals surface area contributed by atoms with Gasteiger partial charge < -0.3 is 9.47 Å². The fourth-order valence-electron chi connectivity index (χ4n) is 1.52. The highest BCUT2D eigenvalue weighted by molar-refractivity contribution is 5.43. The smallest absolute Gasteiger partial charge is 0.387 e. The predicted octanol–water partition coefficient (Wildman–Crippen LogP) is 3.34. The maximum atomic E-state index is 12.2. The van der Waals surface area contributed by atoms with Gasteiger partial charge in [-0.3, -0.25) is 0 Å². The number of hydrogen-bond donors (Lipinski definition) is 0. The highest BCUT2D eigenvalue weighted by Crippen LogP contribution is 2.34. The van der Waals surface area contributed by atoms with Crippen LogP contribution in [0.4, 0.5) is 8.78 Å². The van der Waals surface area contributed by atoms with Crippen molar-refractivity contribution in [1.82, 2.24) is 0 Å². The van der Waals surface area contributed by atoms with Crippen molar-refractivity contribution in [3.05, 3.63) is 28.7 Å². The fourth-order valence-corrected chi connectivity index (χ4v) is 1.52. The molecular weight excluding hydrogens is 244 g/mol. The Morgan fingerprint density at radius 1 is 1.33 bits per heavy atom. The van der Waals surface area contributed by atoms with Gasteiger partial charge in [0.2, 0.25) is 0 Å². The van der Waals surface area contributed by atoms with E-state index in [1.165, 1.54) is 18.2 Å². The van der Waals surface area contributed by atoms with Gasteiger partial charge in [-0.2, -0.15) is 13.7 Å². The van der Waals surface area contributed by atoms with Crippen LogP contribution in [0.15, 0.2) is 23.4 Å². The molecule has 0 spiro atoms. The largest absolute Gasteiger partial charge is 0.489 e. The van der Waals surface area contributed by atoms with Gasteiger partial charge in [0.25, 0.3) is 0 Å². The van der Waals surface area contributed by atoms with Crippen LogP contribution in [-0.2, 0) is 6.54 Å². The standard InChI is InChI=1S/C12H13F2NO3/c13-12(14)18-10-4-3-9(6-15-16)5-11(10)17-7-8-1-2-8/h3-5,8,12H,1-2,6-7H2. The Hall–Kier alpha value is -1.72. The van der Waals surface area contributed by atoms with Crippen LogP contribution in [0, 0.1) is 10.8 Å². The zero-order valence-electron chi connectivity index (χ0n) is 9.64. The van der Waals surface area contributed by atoms with Crippen molar-refractivity contribution in [2.24, 2.45) is 11.1 Å². The zero-order chi connectivity index (χ0) is 13.0. The third kappa shape index (κ3) is 3.65. The number of benzene rings is 1. The summed E-state index contributed by atoms with van der Waals surface area (Å²) in [6.07, 6.45) is 2.20. The van der Waals surface area contributed by atoms with Crippen LogP contribution in [-0.4, -0.2) is 13.2 Å². The van der Waals surface area contributed by atoms with Crippen LogP contribution in [0.25, 0.3) is 0 Å². The molecule has 0 amide bonds. The molecule has 0 N–H and O–H groups in total. The normalized spacial score (nSPS) is 14.6. The van der Waals surface area contributed by atoms with Gasteiger partial charge in [-0.05, 0) is 36.5 Å². The number of halogens is 2. The van der Waals surface area contributed by atoms with Crippen molar-refractivity contribution in [3.63, 3.8) is 0 Å². The Balaban J connectivity index is 2.11. The van der Waals surface area contributed by atoms with Crippen molar-refractivity contribution in [1.29, 1.82) is 0 Å². The second-order valence-corrected chi connectivity index (χ2v) is 4.20.